The number of benzene rings is 1. The van der Waals surface area contributed by atoms with Gasteiger partial charge in [0.25, 0.3) is 0 Å². The molecule has 0 saturated heterocycles. The largest absolute Gasteiger partial charge is 0.491 e. The van der Waals surface area contributed by atoms with Gasteiger partial charge in [0, 0.05) is 0 Å². The number of hydrogen-bond donors (Lipinski definition) is 0. The van der Waals surface area contributed by atoms with Gasteiger partial charge in [0.1, 0.15) is 12.4 Å². The molecule has 0 radical (unpaired) electrons. The van der Waals surface area contributed by atoms with E-state index in [9.17, 15) is 0 Å². The lowest BCUT2D eigenvalue weighted by molar-refractivity contribution is -0.00957. The zero-order valence-electron chi connectivity index (χ0n) is 12.5. The summed E-state index contributed by atoms with van der Waals surface area (Å²) in [6, 6.07) is 9.73. The summed E-state index contributed by atoms with van der Waals surface area (Å²) in [7, 11) is 0. The maximum atomic E-state index is 5.50. The van der Waals surface area contributed by atoms with Crippen molar-refractivity contribution in [3.63, 3.8) is 0 Å². The molecule has 1 rings (SSSR count). The summed E-state index contributed by atoms with van der Waals surface area (Å²) >= 11 is 0. The molecule has 0 aliphatic heterocycles. The van der Waals surface area contributed by atoms with E-state index in [1.807, 2.05) is 30.3 Å². The maximum Gasteiger partial charge on any atom is 0.119 e. The molecule has 0 saturated carbocycles. The molecule has 0 aliphatic rings. The summed E-state index contributed by atoms with van der Waals surface area (Å²) in [6.07, 6.45) is 1.34. The van der Waals surface area contributed by atoms with Crippen molar-refractivity contribution in [2.24, 2.45) is 0 Å². The predicted octanol–water partition coefficient (Wildman–Crippen LogP) is 2.91. The fourth-order valence-corrected chi connectivity index (χ4v) is 1.48. The quantitative estimate of drug-likeness (QED) is 0.552. The Balaban J connectivity index is 1.81. The molecule has 1 atom stereocenters. The minimum Gasteiger partial charge on any atom is -0.491 e. The normalized spacial score (nSPS) is 12.3. The lowest BCUT2D eigenvalue weighted by Crippen LogP contribution is -2.15. The van der Waals surface area contributed by atoms with Gasteiger partial charge in [-0.1, -0.05) is 25.1 Å². The molecule has 4 nitrogen and oxygen atoms in total. The van der Waals surface area contributed by atoms with E-state index in [2.05, 4.69) is 13.8 Å². The van der Waals surface area contributed by atoms with E-state index < -0.39 is 0 Å². The Labute approximate surface area is 122 Å². The van der Waals surface area contributed by atoms with Crippen LogP contribution in [-0.2, 0) is 14.2 Å². The topological polar surface area (TPSA) is 36.9 Å². The number of rotatable bonds is 12. The molecule has 0 N–H and O–H groups in total. The highest BCUT2D eigenvalue weighted by atomic mass is 16.6. The van der Waals surface area contributed by atoms with E-state index >= 15 is 0 Å². The summed E-state index contributed by atoms with van der Waals surface area (Å²) < 4.78 is 21.8. The van der Waals surface area contributed by atoms with Gasteiger partial charge in [-0.2, -0.15) is 0 Å². The Hall–Kier alpha value is -1.10. The molecule has 114 valence electrons. The fourth-order valence-electron chi connectivity index (χ4n) is 1.48. The standard InChI is InChI=1S/C16H26O4/c1-3-15(2)19-13-11-17-9-10-18-12-14-20-16-7-5-4-6-8-16/h4-8,15H,3,9-14H2,1-2H3. The Morgan fingerprint density at radius 1 is 0.850 bits per heavy atom. The number of ether oxygens (including phenoxy) is 4. The van der Waals surface area contributed by atoms with Gasteiger partial charge in [-0.05, 0) is 25.5 Å². The monoisotopic (exact) mass is 282 g/mol. The van der Waals surface area contributed by atoms with Crippen LogP contribution >= 0.6 is 0 Å². The molecule has 0 spiro atoms. The highest BCUT2D eigenvalue weighted by Crippen LogP contribution is 2.07. The molecule has 0 aliphatic carbocycles. The minimum atomic E-state index is 0.310. The van der Waals surface area contributed by atoms with Gasteiger partial charge in [0.15, 0.2) is 0 Å². The van der Waals surface area contributed by atoms with E-state index in [1.165, 1.54) is 0 Å². The molecule has 1 aromatic carbocycles. The average Bonchev–Trinajstić information content (AvgIpc) is 2.50. The second-order valence-corrected chi connectivity index (χ2v) is 4.48. The zero-order chi connectivity index (χ0) is 14.5. The average molecular weight is 282 g/mol. The number of hydrogen-bond acceptors (Lipinski definition) is 4. The van der Waals surface area contributed by atoms with Crippen LogP contribution in [0.2, 0.25) is 0 Å². The summed E-state index contributed by atoms with van der Waals surface area (Å²) in [4.78, 5) is 0. The maximum absolute atomic E-state index is 5.50. The molecule has 20 heavy (non-hydrogen) atoms. The first kappa shape index (κ1) is 17.0. The van der Waals surface area contributed by atoms with Gasteiger partial charge in [-0.25, -0.2) is 0 Å². The lowest BCUT2D eigenvalue weighted by atomic mass is 10.3. The predicted molar refractivity (Wildman–Crippen MR) is 79.3 cm³/mol. The Kier molecular flexibility index (Phi) is 9.92. The molecule has 0 bridgehead atoms. The van der Waals surface area contributed by atoms with Crippen molar-refractivity contribution in [2.45, 2.75) is 26.4 Å². The highest BCUT2D eigenvalue weighted by molar-refractivity contribution is 5.20. The Bertz CT molecular complexity index is 316. The molecular formula is C16H26O4. The summed E-state index contributed by atoms with van der Waals surface area (Å²) in [6.45, 7) is 7.74. The Morgan fingerprint density at radius 2 is 1.45 bits per heavy atom. The second kappa shape index (κ2) is 11.7. The van der Waals surface area contributed by atoms with Crippen LogP contribution in [0.25, 0.3) is 0 Å². The highest BCUT2D eigenvalue weighted by Gasteiger charge is 1.97. The number of para-hydroxylation sites is 1. The van der Waals surface area contributed by atoms with E-state index in [4.69, 9.17) is 18.9 Å². The van der Waals surface area contributed by atoms with Crippen molar-refractivity contribution in [3.05, 3.63) is 30.3 Å². The first-order valence-electron chi connectivity index (χ1n) is 7.28. The molecule has 0 fully saturated rings. The molecule has 0 amide bonds. The van der Waals surface area contributed by atoms with Gasteiger partial charge in [-0.3, -0.25) is 0 Å². The van der Waals surface area contributed by atoms with Crippen molar-refractivity contribution in [1.29, 1.82) is 0 Å². The van der Waals surface area contributed by atoms with Crippen LogP contribution in [0.3, 0.4) is 0 Å². The van der Waals surface area contributed by atoms with Crippen molar-refractivity contribution in [2.75, 3.05) is 39.6 Å². The zero-order valence-corrected chi connectivity index (χ0v) is 12.5. The van der Waals surface area contributed by atoms with Crippen LogP contribution in [0.15, 0.2) is 30.3 Å². The van der Waals surface area contributed by atoms with Gasteiger partial charge < -0.3 is 18.9 Å². The molecule has 0 aromatic heterocycles. The van der Waals surface area contributed by atoms with Crippen molar-refractivity contribution >= 4 is 0 Å². The SMILES string of the molecule is CCC(C)OCCOCCOCCOc1ccccc1. The van der Waals surface area contributed by atoms with Crippen LogP contribution in [0, 0.1) is 0 Å². The van der Waals surface area contributed by atoms with Crippen molar-refractivity contribution in [3.8, 4) is 5.75 Å². The third kappa shape index (κ3) is 8.91. The van der Waals surface area contributed by atoms with Crippen LogP contribution in [0.5, 0.6) is 5.75 Å². The van der Waals surface area contributed by atoms with Gasteiger partial charge in [-0.15, -0.1) is 0 Å². The lowest BCUT2D eigenvalue weighted by Gasteiger charge is -2.11. The first-order chi connectivity index (χ1) is 9.83. The summed E-state index contributed by atoms with van der Waals surface area (Å²) in [5, 5.41) is 0. The van der Waals surface area contributed by atoms with Crippen molar-refractivity contribution in [1.82, 2.24) is 0 Å². The van der Waals surface area contributed by atoms with Crippen LogP contribution < -0.4 is 4.74 Å². The molecule has 0 heterocycles. The van der Waals surface area contributed by atoms with Crippen LogP contribution in [0.4, 0.5) is 0 Å². The van der Waals surface area contributed by atoms with Gasteiger partial charge in [0.05, 0.1) is 39.1 Å². The van der Waals surface area contributed by atoms with Crippen molar-refractivity contribution < 1.29 is 18.9 Å². The third-order valence-electron chi connectivity index (χ3n) is 2.82. The van der Waals surface area contributed by atoms with Gasteiger partial charge >= 0.3 is 0 Å². The first-order valence-corrected chi connectivity index (χ1v) is 7.28. The summed E-state index contributed by atoms with van der Waals surface area (Å²) in [5.74, 6) is 0.870. The van der Waals surface area contributed by atoms with Crippen LogP contribution in [0.1, 0.15) is 20.3 Å². The van der Waals surface area contributed by atoms with E-state index in [-0.39, 0.29) is 0 Å². The third-order valence-corrected chi connectivity index (χ3v) is 2.82. The molecular weight excluding hydrogens is 256 g/mol. The molecule has 1 aromatic rings. The molecule has 1 unspecified atom stereocenters. The van der Waals surface area contributed by atoms with Gasteiger partial charge in [0.2, 0.25) is 0 Å². The van der Waals surface area contributed by atoms with E-state index in [1.54, 1.807) is 0 Å². The second-order valence-electron chi connectivity index (χ2n) is 4.48. The summed E-state index contributed by atoms with van der Waals surface area (Å²) in [5.41, 5.74) is 0. The fraction of sp³-hybridized carbons (Fsp3) is 0.625. The molecule has 4 heteroatoms. The van der Waals surface area contributed by atoms with Crippen LogP contribution in [-0.4, -0.2) is 45.7 Å². The van der Waals surface area contributed by atoms with E-state index in [0.717, 1.165) is 12.2 Å². The minimum absolute atomic E-state index is 0.310. The van der Waals surface area contributed by atoms with E-state index in [0.29, 0.717) is 45.7 Å². The smallest absolute Gasteiger partial charge is 0.119 e. The Morgan fingerprint density at radius 3 is 2.10 bits per heavy atom.